The van der Waals surface area contributed by atoms with Gasteiger partial charge in [0.2, 0.25) is 0 Å². The van der Waals surface area contributed by atoms with Gasteiger partial charge in [0.25, 0.3) is 0 Å². The lowest BCUT2D eigenvalue weighted by atomic mass is 10.2. The molecule has 1 N–H and O–H groups in total. The minimum atomic E-state index is -0.482. The average molecular weight is 289 g/mol. The van der Waals surface area contributed by atoms with Crippen LogP contribution in [-0.2, 0) is 20.9 Å². The van der Waals surface area contributed by atoms with Gasteiger partial charge in [-0.25, -0.2) is 9.59 Å². The van der Waals surface area contributed by atoms with E-state index in [0.717, 1.165) is 18.4 Å². The van der Waals surface area contributed by atoms with Crippen LogP contribution in [0.4, 0.5) is 4.79 Å². The van der Waals surface area contributed by atoms with Crippen LogP contribution in [0.5, 0.6) is 0 Å². The first-order valence-corrected chi connectivity index (χ1v) is 6.98. The predicted molar refractivity (Wildman–Crippen MR) is 77.5 cm³/mol. The molecule has 0 saturated heterocycles. The number of benzene rings is 1. The van der Waals surface area contributed by atoms with Gasteiger partial charge in [-0.15, -0.1) is 0 Å². The first kappa shape index (κ1) is 15.1. The zero-order valence-electron chi connectivity index (χ0n) is 12.0. The molecule has 21 heavy (non-hydrogen) atoms. The normalized spacial score (nSPS) is 15.5. The maximum absolute atomic E-state index is 11.8. The molecule has 5 heteroatoms. The van der Waals surface area contributed by atoms with E-state index in [4.69, 9.17) is 9.47 Å². The smallest absolute Gasteiger partial charge is 0.408 e. The fourth-order valence-corrected chi connectivity index (χ4v) is 1.85. The quantitative estimate of drug-likeness (QED) is 0.645. The molecule has 2 rings (SSSR count). The molecule has 0 unspecified atom stereocenters. The van der Waals surface area contributed by atoms with Crippen molar-refractivity contribution in [2.45, 2.75) is 31.9 Å². The molecule has 1 amide bonds. The monoisotopic (exact) mass is 289 g/mol. The Morgan fingerprint density at radius 1 is 1.24 bits per heavy atom. The molecule has 0 radical (unpaired) electrons. The second-order valence-corrected chi connectivity index (χ2v) is 4.93. The number of hydrogen-bond donors (Lipinski definition) is 1. The van der Waals surface area contributed by atoms with Crippen LogP contribution < -0.4 is 5.32 Å². The third-order valence-electron chi connectivity index (χ3n) is 3.18. The second kappa shape index (κ2) is 6.92. The molecule has 112 valence electrons. The molecule has 1 aromatic carbocycles. The van der Waals surface area contributed by atoms with Crippen molar-refractivity contribution in [1.29, 1.82) is 0 Å². The number of hydrogen-bond acceptors (Lipinski definition) is 4. The number of amides is 1. The Balaban J connectivity index is 1.78. The van der Waals surface area contributed by atoms with E-state index in [9.17, 15) is 9.59 Å². The summed E-state index contributed by atoms with van der Waals surface area (Å²) in [6.45, 7) is 2.31. The SMILES string of the molecule is CCOC(=O)/C=C/C1(NC(=O)OCc2ccccc2)CC1. The molecule has 5 nitrogen and oxygen atoms in total. The Morgan fingerprint density at radius 3 is 2.57 bits per heavy atom. The predicted octanol–water partition coefficient (Wildman–Crippen LogP) is 2.56. The average Bonchev–Trinajstić information content (AvgIpc) is 3.25. The number of esters is 1. The van der Waals surface area contributed by atoms with Gasteiger partial charge in [-0.1, -0.05) is 36.4 Å². The number of carbonyl (C=O) groups is 2. The van der Waals surface area contributed by atoms with Gasteiger partial charge in [0.05, 0.1) is 12.1 Å². The van der Waals surface area contributed by atoms with Crippen LogP contribution in [0.1, 0.15) is 25.3 Å². The van der Waals surface area contributed by atoms with Gasteiger partial charge in [-0.05, 0) is 25.3 Å². The molecular weight excluding hydrogens is 270 g/mol. The van der Waals surface area contributed by atoms with Crippen molar-refractivity contribution in [3.63, 3.8) is 0 Å². The van der Waals surface area contributed by atoms with Crippen molar-refractivity contribution in [3.8, 4) is 0 Å². The largest absolute Gasteiger partial charge is 0.463 e. The summed E-state index contributed by atoms with van der Waals surface area (Å²) in [6, 6.07) is 9.47. The van der Waals surface area contributed by atoms with Gasteiger partial charge in [0, 0.05) is 6.08 Å². The highest BCUT2D eigenvalue weighted by Crippen LogP contribution is 2.36. The minimum Gasteiger partial charge on any atom is -0.463 e. The summed E-state index contributed by atoms with van der Waals surface area (Å²) in [7, 11) is 0. The van der Waals surface area contributed by atoms with Crippen molar-refractivity contribution < 1.29 is 19.1 Å². The fourth-order valence-electron chi connectivity index (χ4n) is 1.85. The van der Waals surface area contributed by atoms with Crippen LogP contribution in [-0.4, -0.2) is 24.2 Å². The number of ether oxygens (including phenoxy) is 2. The van der Waals surface area contributed by atoms with E-state index >= 15 is 0 Å². The second-order valence-electron chi connectivity index (χ2n) is 4.93. The molecule has 1 fully saturated rings. The lowest BCUT2D eigenvalue weighted by Crippen LogP contribution is -2.35. The van der Waals surface area contributed by atoms with Crippen LogP contribution in [0, 0.1) is 0 Å². The van der Waals surface area contributed by atoms with Crippen LogP contribution in [0.15, 0.2) is 42.5 Å². The molecule has 1 aromatic rings. The zero-order chi connectivity index (χ0) is 15.1. The molecule has 0 heterocycles. The van der Waals surface area contributed by atoms with E-state index in [1.807, 2.05) is 30.3 Å². The van der Waals surface area contributed by atoms with E-state index < -0.39 is 17.6 Å². The first-order valence-electron chi connectivity index (χ1n) is 6.98. The van der Waals surface area contributed by atoms with E-state index in [1.54, 1.807) is 13.0 Å². The third kappa shape index (κ3) is 4.95. The maximum Gasteiger partial charge on any atom is 0.408 e. The van der Waals surface area contributed by atoms with Gasteiger partial charge in [0.15, 0.2) is 0 Å². The van der Waals surface area contributed by atoms with E-state index in [1.165, 1.54) is 6.08 Å². The summed E-state index contributed by atoms with van der Waals surface area (Å²) in [5.74, 6) is -0.400. The molecular formula is C16H19NO4. The van der Waals surface area contributed by atoms with Gasteiger partial charge in [-0.3, -0.25) is 0 Å². The van der Waals surface area contributed by atoms with E-state index in [0.29, 0.717) is 6.61 Å². The Morgan fingerprint density at radius 2 is 1.95 bits per heavy atom. The zero-order valence-corrected chi connectivity index (χ0v) is 12.0. The summed E-state index contributed by atoms with van der Waals surface area (Å²) in [5, 5.41) is 2.78. The topological polar surface area (TPSA) is 64.6 Å². The number of alkyl carbamates (subject to hydrolysis) is 1. The fraction of sp³-hybridized carbons (Fsp3) is 0.375. The maximum atomic E-state index is 11.8. The van der Waals surface area contributed by atoms with Crippen LogP contribution in [0.25, 0.3) is 0 Å². The highest BCUT2D eigenvalue weighted by molar-refractivity contribution is 5.82. The number of rotatable bonds is 6. The molecule has 0 aliphatic heterocycles. The van der Waals surface area contributed by atoms with Gasteiger partial charge in [-0.2, -0.15) is 0 Å². The Kier molecular flexibility index (Phi) is 4.98. The molecule has 0 bridgehead atoms. The Bertz CT molecular complexity index is 520. The summed E-state index contributed by atoms with van der Waals surface area (Å²) < 4.78 is 9.96. The van der Waals surface area contributed by atoms with Crippen LogP contribution in [0.3, 0.4) is 0 Å². The van der Waals surface area contributed by atoms with Gasteiger partial charge < -0.3 is 14.8 Å². The standard InChI is InChI=1S/C16H19NO4/c1-2-20-14(18)8-9-16(10-11-16)17-15(19)21-12-13-6-4-3-5-7-13/h3-9H,2,10-12H2,1H3,(H,17,19)/b9-8+. The van der Waals surface area contributed by atoms with Gasteiger partial charge >= 0.3 is 12.1 Å². The van der Waals surface area contributed by atoms with Crippen LogP contribution in [0.2, 0.25) is 0 Å². The van der Waals surface area contributed by atoms with Crippen molar-refractivity contribution in [1.82, 2.24) is 5.32 Å². The third-order valence-corrected chi connectivity index (χ3v) is 3.18. The first-order chi connectivity index (χ1) is 10.1. The molecule has 1 saturated carbocycles. The minimum absolute atomic E-state index is 0.227. The summed E-state index contributed by atoms with van der Waals surface area (Å²) in [6.07, 6.45) is 4.14. The highest BCUT2D eigenvalue weighted by atomic mass is 16.5. The van der Waals surface area contributed by atoms with E-state index in [-0.39, 0.29) is 6.61 Å². The van der Waals surface area contributed by atoms with Gasteiger partial charge in [0.1, 0.15) is 6.61 Å². The molecule has 0 spiro atoms. The summed E-state index contributed by atoms with van der Waals surface area (Å²) in [4.78, 5) is 23.0. The van der Waals surface area contributed by atoms with Crippen molar-refractivity contribution in [2.75, 3.05) is 6.61 Å². The van der Waals surface area contributed by atoms with Crippen molar-refractivity contribution in [2.24, 2.45) is 0 Å². The van der Waals surface area contributed by atoms with Crippen molar-refractivity contribution in [3.05, 3.63) is 48.0 Å². The lowest BCUT2D eigenvalue weighted by Gasteiger charge is -2.13. The molecule has 0 atom stereocenters. The highest BCUT2D eigenvalue weighted by Gasteiger charge is 2.42. The molecule has 1 aliphatic carbocycles. The number of nitrogens with one attached hydrogen (secondary N) is 1. The van der Waals surface area contributed by atoms with E-state index in [2.05, 4.69) is 5.32 Å². The molecule has 0 aromatic heterocycles. The Labute approximate surface area is 123 Å². The summed E-state index contributed by atoms with van der Waals surface area (Å²) >= 11 is 0. The summed E-state index contributed by atoms with van der Waals surface area (Å²) in [5.41, 5.74) is 0.472. The molecule has 1 aliphatic rings. The lowest BCUT2D eigenvalue weighted by molar-refractivity contribution is -0.137. The van der Waals surface area contributed by atoms with Crippen LogP contribution >= 0.6 is 0 Å². The van der Waals surface area contributed by atoms with Crippen molar-refractivity contribution >= 4 is 12.1 Å². The Hall–Kier alpha value is -2.30. The number of carbonyl (C=O) groups excluding carboxylic acids is 2.